The molecule has 0 aromatic carbocycles. The number of aromatic nitrogens is 4. The minimum Gasteiger partial charge on any atom is -0.382 e. The Kier molecular flexibility index (Phi) is 2.25. The van der Waals surface area contributed by atoms with Gasteiger partial charge in [-0.3, -0.25) is 4.57 Å². The van der Waals surface area contributed by atoms with Gasteiger partial charge in [-0.1, -0.05) is 0 Å². The Hall–Kier alpha value is -1.73. The molecule has 2 heterocycles. The summed E-state index contributed by atoms with van der Waals surface area (Å²) in [5.41, 5.74) is 6.57. The van der Waals surface area contributed by atoms with E-state index in [0.29, 0.717) is 22.8 Å². The van der Waals surface area contributed by atoms with Crippen molar-refractivity contribution >= 4 is 17.0 Å². The fourth-order valence-corrected chi connectivity index (χ4v) is 1.33. The summed E-state index contributed by atoms with van der Waals surface area (Å²) in [5, 5.41) is 9.50. The van der Waals surface area contributed by atoms with Gasteiger partial charge in [-0.05, 0) is 6.92 Å². The molecular weight excluding hydrogens is 198 g/mol. The number of nitrogen functional groups attached to an aromatic ring is 1. The van der Waals surface area contributed by atoms with E-state index in [1.54, 1.807) is 6.92 Å². The first-order chi connectivity index (χ1) is 7.13. The van der Waals surface area contributed by atoms with Crippen LogP contribution in [-0.2, 0) is 4.74 Å². The lowest BCUT2D eigenvalue weighted by molar-refractivity contribution is -0.129. The van der Waals surface area contributed by atoms with Gasteiger partial charge >= 0.3 is 0 Å². The minimum absolute atomic E-state index is 0.291. The molecule has 0 aliphatic heterocycles. The second-order valence-corrected chi connectivity index (χ2v) is 3.04. The van der Waals surface area contributed by atoms with Gasteiger partial charge < -0.3 is 15.6 Å². The molecule has 0 amide bonds. The zero-order chi connectivity index (χ0) is 11.0. The molecular formula is C8H11N5O2. The van der Waals surface area contributed by atoms with Crippen LogP contribution >= 0.6 is 0 Å². The van der Waals surface area contributed by atoms with E-state index >= 15 is 0 Å². The number of rotatable bonds is 2. The molecule has 1 unspecified atom stereocenters. The van der Waals surface area contributed by atoms with Crippen LogP contribution in [0.25, 0.3) is 11.2 Å². The molecule has 7 heteroatoms. The Morgan fingerprint density at radius 1 is 1.53 bits per heavy atom. The molecule has 0 aliphatic carbocycles. The predicted octanol–water partition coefficient (Wildman–Crippen LogP) is -0.188. The van der Waals surface area contributed by atoms with Gasteiger partial charge in [0.25, 0.3) is 0 Å². The minimum atomic E-state index is -1.12. The van der Waals surface area contributed by atoms with E-state index in [2.05, 4.69) is 15.0 Å². The second-order valence-electron chi connectivity index (χ2n) is 3.04. The summed E-state index contributed by atoms with van der Waals surface area (Å²) >= 11 is 0. The van der Waals surface area contributed by atoms with Crippen LogP contribution in [0, 0.1) is 6.92 Å². The molecule has 1 atom stereocenters. The van der Waals surface area contributed by atoms with E-state index in [1.807, 2.05) is 0 Å². The summed E-state index contributed by atoms with van der Waals surface area (Å²) < 4.78 is 6.14. The Labute approximate surface area is 85.5 Å². The van der Waals surface area contributed by atoms with Gasteiger partial charge in [0, 0.05) is 7.11 Å². The molecule has 80 valence electrons. The second kappa shape index (κ2) is 3.44. The number of hydrogen-bond donors (Lipinski definition) is 2. The molecule has 2 rings (SSSR count). The molecule has 7 nitrogen and oxygen atoms in total. The maximum Gasteiger partial charge on any atom is 0.244 e. The number of nitrogens with two attached hydrogens (primary N) is 1. The van der Waals surface area contributed by atoms with E-state index < -0.39 is 6.41 Å². The monoisotopic (exact) mass is 209 g/mol. The summed E-state index contributed by atoms with van der Waals surface area (Å²) in [5.74, 6) is 0.810. The largest absolute Gasteiger partial charge is 0.382 e. The number of aryl methyl sites for hydroxylation is 1. The van der Waals surface area contributed by atoms with Crippen LogP contribution in [0.4, 0.5) is 5.82 Å². The molecule has 0 fully saturated rings. The molecule has 0 saturated carbocycles. The quantitative estimate of drug-likeness (QED) is 0.665. The van der Waals surface area contributed by atoms with Crippen molar-refractivity contribution in [3.63, 3.8) is 0 Å². The average molecular weight is 209 g/mol. The topological polar surface area (TPSA) is 99.1 Å². The van der Waals surface area contributed by atoms with Crippen LogP contribution < -0.4 is 5.73 Å². The van der Waals surface area contributed by atoms with E-state index in [1.165, 1.54) is 18.0 Å². The van der Waals surface area contributed by atoms with Crippen LogP contribution in [0.2, 0.25) is 0 Å². The highest BCUT2D eigenvalue weighted by molar-refractivity contribution is 5.81. The fourth-order valence-electron chi connectivity index (χ4n) is 1.33. The van der Waals surface area contributed by atoms with Crippen LogP contribution in [0.1, 0.15) is 12.2 Å². The van der Waals surface area contributed by atoms with Gasteiger partial charge in [0.05, 0.1) is 0 Å². The molecule has 15 heavy (non-hydrogen) atoms. The Morgan fingerprint density at radius 3 is 2.93 bits per heavy atom. The average Bonchev–Trinajstić information content (AvgIpc) is 2.60. The van der Waals surface area contributed by atoms with Crippen molar-refractivity contribution in [3.8, 4) is 0 Å². The van der Waals surface area contributed by atoms with E-state index in [-0.39, 0.29) is 0 Å². The zero-order valence-electron chi connectivity index (χ0n) is 8.38. The van der Waals surface area contributed by atoms with Crippen LogP contribution in [0.5, 0.6) is 0 Å². The number of imidazole rings is 1. The fraction of sp³-hybridized carbons (Fsp3) is 0.375. The van der Waals surface area contributed by atoms with Crippen molar-refractivity contribution in [1.82, 2.24) is 19.5 Å². The zero-order valence-corrected chi connectivity index (χ0v) is 8.38. The van der Waals surface area contributed by atoms with Crippen LogP contribution in [-0.4, -0.2) is 31.7 Å². The van der Waals surface area contributed by atoms with E-state index in [0.717, 1.165) is 0 Å². The first kappa shape index (κ1) is 9.81. The van der Waals surface area contributed by atoms with Gasteiger partial charge in [-0.2, -0.15) is 0 Å². The third-order valence-electron chi connectivity index (χ3n) is 2.01. The van der Waals surface area contributed by atoms with Crippen molar-refractivity contribution in [2.45, 2.75) is 13.3 Å². The molecule has 0 radical (unpaired) electrons. The maximum atomic E-state index is 9.50. The maximum absolute atomic E-state index is 9.50. The van der Waals surface area contributed by atoms with Gasteiger partial charge in [-0.25, -0.2) is 15.0 Å². The smallest absolute Gasteiger partial charge is 0.244 e. The number of anilines is 1. The van der Waals surface area contributed by atoms with Crippen LogP contribution in [0.15, 0.2) is 6.33 Å². The Morgan fingerprint density at radius 2 is 2.27 bits per heavy atom. The Balaban J connectivity index is 2.68. The van der Waals surface area contributed by atoms with Crippen molar-refractivity contribution in [3.05, 3.63) is 12.2 Å². The van der Waals surface area contributed by atoms with Gasteiger partial charge in [0.15, 0.2) is 11.5 Å². The SMILES string of the molecule is COC(O)n1cnc2c(N)nc(C)nc21. The van der Waals surface area contributed by atoms with Crippen molar-refractivity contribution in [2.75, 3.05) is 12.8 Å². The molecule has 0 spiro atoms. The van der Waals surface area contributed by atoms with E-state index in [9.17, 15) is 5.11 Å². The number of methoxy groups -OCH3 is 1. The number of nitrogens with zero attached hydrogens (tertiary/aromatic N) is 4. The molecule has 2 aromatic heterocycles. The molecule has 0 aliphatic rings. The highest BCUT2D eigenvalue weighted by atomic mass is 16.6. The number of fused-ring (bicyclic) bond motifs is 1. The summed E-state index contributed by atoms with van der Waals surface area (Å²) in [6.45, 7) is 1.71. The highest BCUT2D eigenvalue weighted by Gasteiger charge is 2.14. The number of hydrogen-bond acceptors (Lipinski definition) is 6. The molecule has 0 bridgehead atoms. The number of aliphatic hydroxyl groups is 1. The van der Waals surface area contributed by atoms with Gasteiger partial charge in [-0.15, -0.1) is 0 Å². The van der Waals surface area contributed by atoms with E-state index in [4.69, 9.17) is 10.5 Å². The van der Waals surface area contributed by atoms with Crippen LogP contribution in [0.3, 0.4) is 0 Å². The predicted molar refractivity (Wildman–Crippen MR) is 52.7 cm³/mol. The molecule has 3 N–H and O–H groups in total. The Bertz CT molecular complexity index is 495. The van der Waals surface area contributed by atoms with Gasteiger partial charge in [0.2, 0.25) is 6.41 Å². The first-order valence-corrected chi connectivity index (χ1v) is 4.31. The molecule has 0 saturated heterocycles. The molecule has 2 aromatic rings. The third kappa shape index (κ3) is 1.51. The lowest BCUT2D eigenvalue weighted by Gasteiger charge is -2.09. The lowest BCUT2D eigenvalue weighted by Crippen LogP contribution is -2.10. The number of ether oxygens (including phenoxy) is 1. The summed E-state index contributed by atoms with van der Waals surface area (Å²) in [4.78, 5) is 12.1. The lowest BCUT2D eigenvalue weighted by atomic mass is 10.5. The first-order valence-electron chi connectivity index (χ1n) is 4.31. The normalized spacial score (nSPS) is 13.3. The van der Waals surface area contributed by atoms with Crippen molar-refractivity contribution in [1.29, 1.82) is 0 Å². The summed E-state index contributed by atoms with van der Waals surface area (Å²) in [7, 11) is 1.38. The highest BCUT2D eigenvalue weighted by Crippen LogP contribution is 2.18. The third-order valence-corrected chi connectivity index (χ3v) is 2.01. The standard InChI is InChI=1S/C8H11N5O2/c1-4-11-6(9)5-7(12-4)13(3-10-5)8(14)15-2/h3,8,14H,1-2H3,(H2,9,11,12). The summed E-state index contributed by atoms with van der Waals surface area (Å²) in [6, 6.07) is 0. The van der Waals surface area contributed by atoms with Crippen molar-refractivity contribution in [2.24, 2.45) is 0 Å². The summed E-state index contributed by atoms with van der Waals surface area (Å²) in [6.07, 6.45) is 0.284. The van der Waals surface area contributed by atoms with Crippen molar-refractivity contribution < 1.29 is 9.84 Å². The number of aliphatic hydroxyl groups excluding tert-OH is 1. The van der Waals surface area contributed by atoms with Gasteiger partial charge in [0.1, 0.15) is 17.7 Å².